The number of benzene rings is 2. The first-order valence-corrected chi connectivity index (χ1v) is 10.4. The smallest absolute Gasteiger partial charge is 0.387 e. The summed E-state index contributed by atoms with van der Waals surface area (Å²) < 4.78 is 42.1. The molecular weight excluding hydrogens is 488 g/mol. The van der Waals surface area contributed by atoms with Gasteiger partial charge in [0.2, 0.25) is 5.78 Å². The van der Waals surface area contributed by atoms with Crippen LogP contribution in [0.2, 0.25) is 0 Å². The van der Waals surface area contributed by atoms with Crippen molar-refractivity contribution in [2.24, 2.45) is 0 Å². The summed E-state index contributed by atoms with van der Waals surface area (Å²) in [5, 5.41) is 0. The monoisotopic (exact) mass is 507 g/mol. The van der Waals surface area contributed by atoms with Crippen molar-refractivity contribution in [1.82, 2.24) is 4.57 Å². The zero-order valence-electron chi connectivity index (χ0n) is 17.3. The maximum absolute atomic E-state index is 12.6. The zero-order chi connectivity index (χ0) is 23.3. The molecule has 0 amide bonds. The third kappa shape index (κ3) is 5.94. The lowest BCUT2D eigenvalue weighted by molar-refractivity contribution is -0.144. The first-order chi connectivity index (χ1) is 15.2. The normalized spacial score (nSPS) is 10.8. The molecule has 3 aromatic rings. The molecule has 1 heterocycles. The second-order valence-corrected chi connectivity index (χ2v) is 7.73. The number of hydrogen-bond acceptors (Lipinski definition) is 5. The molecule has 0 aliphatic carbocycles. The van der Waals surface area contributed by atoms with Gasteiger partial charge >= 0.3 is 12.6 Å². The molecule has 0 radical (unpaired) electrons. The summed E-state index contributed by atoms with van der Waals surface area (Å²) in [6.45, 7) is -0.0778. The number of esters is 1. The molecule has 0 aliphatic heterocycles. The van der Waals surface area contributed by atoms with Crippen LogP contribution in [0.1, 0.15) is 21.7 Å². The van der Waals surface area contributed by atoms with Gasteiger partial charge in [-0.2, -0.15) is 8.78 Å². The Morgan fingerprint density at radius 3 is 2.22 bits per heavy atom. The van der Waals surface area contributed by atoms with E-state index in [2.05, 4.69) is 20.7 Å². The SMILES string of the molecule is Cc1cc(C(=O)COC(=O)COc2ccc(Br)cc2)c(C)n1-c1ccc(OC(F)F)cc1. The fourth-order valence-corrected chi connectivity index (χ4v) is 3.42. The number of ether oxygens (including phenoxy) is 3. The van der Waals surface area contributed by atoms with Crippen molar-refractivity contribution in [1.29, 1.82) is 0 Å². The molecule has 2 aromatic carbocycles. The van der Waals surface area contributed by atoms with Gasteiger partial charge in [-0.15, -0.1) is 0 Å². The van der Waals surface area contributed by atoms with Crippen LogP contribution in [-0.2, 0) is 9.53 Å². The highest BCUT2D eigenvalue weighted by atomic mass is 79.9. The summed E-state index contributed by atoms with van der Waals surface area (Å²) in [6.07, 6.45) is 0. The first kappa shape index (κ1) is 23.5. The third-order valence-electron chi connectivity index (χ3n) is 4.59. The van der Waals surface area contributed by atoms with Crippen molar-refractivity contribution >= 4 is 27.7 Å². The molecule has 9 heteroatoms. The second-order valence-electron chi connectivity index (χ2n) is 6.82. The number of carbonyl (C=O) groups is 2. The Kier molecular flexibility index (Phi) is 7.63. The molecule has 0 aliphatic rings. The first-order valence-electron chi connectivity index (χ1n) is 9.56. The van der Waals surface area contributed by atoms with Gasteiger partial charge in [-0.3, -0.25) is 4.79 Å². The molecule has 0 spiro atoms. The van der Waals surface area contributed by atoms with Gasteiger partial charge in [0, 0.05) is 27.1 Å². The number of alkyl halides is 2. The Bertz CT molecular complexity index is 1090. The summed E-state index contributed by atoms with van der Waals surface area (Å²) in [5.41, 5.74) is 2.48. The van der Waals surface area contributed by atoms with Crippen LogP contribution in [0.25, 0.3) is 5.69 Å². The number of aryl methyl sites for hydroxylation is 1. The van der Waals surface area contributed by atoms with Gasteiger partial charge in [-0.1, -0.05) is 15.9 Å². The Hall–Kier alpha value is -3.20. The fourth-order valence-electron chi connectivity index (χ4n) is 3.16. The van der Waals surface area contributed by atoms with Crippen molar-refractivity contribution in [3.05, 3.63) is 76.0 Å². The standard InChI is InChI=1S/C23H20BrF2NO5/c1-14-11-20(15(2)27(14)17-5-9-19(10-6-17)32-23(25)26)21(28)12-31-22(29)13-30-18-7-3-16(24)4-8-18/h3-11,23H,12-13H2,1-2H3. The third-order valence-corrected chi connectivity index (χ3v) is 5.11. The minimum absolute atomic E-state index is 0.0415. The lowest BCUT2D eigenvalue weighted by atomic mass is 10.1. The number of carbonyl (C=O) groups excluding carboxylic acids is 2. The van der Waals surface area contributed by atoms with E-state index in [4.69, 9.17) is 9.47 Å². The largest absolute Gasteiger partial charge is 0.482 e. The highest BCUT2D eigenvalue weighted by Crippen LogP contribution is 2.24. The quantitative estimate of drug-likeness (QED) is 0.291. The van der Waals surface area contributed by atoms with Gasteiger partial charge in [0.05, 0.1) is 0 Å². The van der Waals surface area contributed by atoms with Gasteiger partial charge in [0.15, 0.2) is 13.2 Å². The average molecular weight is 508 g/mol. The summed E-state index contributed by atoms with van der Waals surface area (Å²) in [5.74, 6) is -0.478. The lowest BCUT2D eigenvalue weighted by Gasteiger charge is -2.11. The Morgan fingerprint density at radius 2 is 1.59 bits per heavy atom. The highest BCUT2D eigenvalue weighted by Gasteiger charge is 2.18. The van der Waals surface area contributed by atoms with Crippen molar-refractivity contribution in [3.8, 4) is 17.2 Å². The van der Waals surface area contributed by atoms with Crippen molar-refractivity contribution in [2.45, 2.75) is 20.5 Å². The second kappa shape index (κ2) is 10.4. The van der Waals surface area contributed by atoms with E-state index in [1.54, 1.807) is 54.0 Å². The molecule has 32 heavy (non-hydrogen) atoms. The molecule has 6 nitrogen and oxygen atoms in total. The van der Waals surface area contributed by atoms with E-state index in [9.17, 15) is 18.4 Å². The van der Waals surface area contributed by atoms with E-state index >= 15 is 0 Å². The summed E-state index contributed by atoms with van der Waals surface area (Å²) in [6, 6.07) is 14.7. The molecule has 0 bridgehead atoms. The highest BCUT2D eigenvalue weighted by molar-refractivity contribution is 9.10. The number of halogens is 3. The molecule has 0 saturated carbocycles. The van der Waals surface area contributed by atoms with E-state index < -0.39 is 19.2 Å². The molecular formula is C23H20BrF2NO5. The topological polar surface area (TPSA) is 66.8 Å². The Labute approximate surface area is 191 Å². The van der Waals surface area contributed by atoms with Crippen LogP contribution in [0.4, 0.5) is 8.78 Å². The average Bonchev–Trinajstić information content (AvgIpc) is 3.06. The van der Waals surface area contributed by atoms with Crippen LogP contribution >= 0.6 is 15.9 Å². The van der Waals surface area contributed by atoms with Crippen molar-refractivity contribution < 1.29 is 32.6 Å². The molecule has 168 valence electrons. The Morgan fingerprint density at radius 1 is 0.969 bits per heavy atom. The van der Waals surface area contributed by atoms with E-state index in [0.29, 0.717) is 22.7 Å². The molecule has 3 rings (SSSR count). The predicted molar refractivity (Wildman–Crippen MR) is 117 cm³/mol. The van der Waals surface area contributed by atoms with Gasteiger partial charge in [0.25, 0.3) is 0 Å². The lowest BCUT2D eigenvalue weighted by Crippen LogP contribution is -2.19. The molecule has 0 N–H and O–H groups in total. The molecule has 1 aromatic heterocycles. The van der Waals surface area contributed by atoms with Gasteiger partial charge in [0.1, 0.15) is 11.5 Å². The van der Waals surface area contributed by atoms with Crippen LogP contribution in [-0.4, -0.2) is 36.1 Å². The summed E-state index contributed by atoms with van der Waals surface area (Å²) >= 11 is 3.31. The van der Waals surface area contributed by atoms with E-state index in [1.807, 2.05) is 6.92 Å². The summed E-state index contributed by atoms with van der Waals surface area (Å²) in [7, 11) is 0. The Balaban J connectivity index is 1.61. The van der Waals surface area contributed by atoms with Crippen LogP contribution in [0, 0.1) is 13.8 Å². The number of Topliss-reactive ketones (excluding diaryl/α,β-unsaturated/α-hetero) is 1. The number of ketones is 1. The van der Waals surface area contributed by atoms with Gasteiger partial charge < -0.3 is 18.8 Å². The molecule has 0 atom stereocenters. The van der Waals surface area contributed by atoms with Gasteiger partial charge in [-0.25, -0.2) is 4.79 Å². The van der Waals surface area contributed by atoms with Crippen molar-refractivity contribution in [3.63, 3.8) is 0 Å². The van der Waals surface area contributed by atoms with Crippen LogP contribution in [0.15, 0.2) is 59.1 Å². The predicted octanol–water partition coefficient (Wildman–Crippen LogP) is 5.26. The maximum Gasteiger partial charge on any atom is 0.387 e. The van der Waals surface area contributed by atoms with Crippen LogP contribution < -0.4 is 9.47 Å². The molecule has 0 fully saturated rings. The van der Waals surface area contributed by atoms with Gasteiger partial charge in [-0.05, 0) is 68.4 Å². The van der Waals surface area contributed by atoms with Crippen LogP contribution in [0.3, 0.4) is 0 Å². The number of hydrogen-bond donors (Lipinski definition) is 0. The minimum atomic E-state index is -2.90. The number of aromatic nitrogens is 1. The number of rotatable bonds is 9. The van der Waals surface area contributed by atoms with E-state index in [1.165, 1.54) is 12.1 Å². The maximum atomic E-state index is 12.6. The zero-order valence-corrected chi connectivity index (χ0v) is 18.9. The minimum Gasteiger partial charge on any atom is -0.482 e. The summed E-state index contributed by atoms with van der Waals surface area (Å²) in [4.78, 5) is 24.5. The van der Waals surface area contributed by atoms with E-state index in [0.717, 1.165) is 10.2 Å². The molecule has 0 saturated heterocycles. The van der Waals surface area contributed by atoms with E-state index in [-0.39, 0.29) is 18.1 Å². The fraction of sp³-hybridized carbons (Fsp3) is 0.217. The molecule has 0 unspecified atom stereocenters. The van der Waals surface area contributed by atoms with Crippen LogP contribution in [0.5, 0.6) is 11.5 Å². The number of nitrogens with zero attached hydrogens (tertiary/aromatic N) is 1. The van der Waals surface area contributed by atoms with Crippen molar-refractivity contribution in [2.75, 3.05) is 13.2 Å².